The molecule has 0 radical (unpaired) electrons. The highest BCUT2D eigenvalue weighted by Crippen LogP contribution is 2.19. The number of carbonyl (C=O) groups is 1. The van der Waals surface area contributed by atoms with E-state index in [1.165, 1.54) is 0 Å². The fraction of sp³-hybridized carbons (Fsp3) is 0.462. The maximum Gasteiger partial charge on any atom is 0.322 e. The molecule has 4 nitrogen and oxygen atoms in total. The second-order valence-corrected chi connectivity index (χ2v) is 5.17. The number of rotatable bonds is 2. The Kier molecular flexibility index (Phi) is 4.49. The van der Waals surface area contributed by atoms with Gasteiger partial charge < -0.3 is 15.0 Å². The first-order chi connectivity index (χ1) is 8.69. The van der Waals surface area contributed by atoms with Crippen molar-refractivity contribution in [2.45, 2.75) is 17.9 Å². The number of morpholine rings is 1. The third kappa shape index (κ3) is 3.40. The molecule has 0 aromatic heterocycles. The Bertz CT molecular complexity index is 425. The van der Waals surface area contributed by atoms with Gasteiger partial charge in [-0.25, -0.2) is 4.79 Å². The van der Waals surface area contributed by atoms with Crippen molar-refractivity contribution in [1.82, 2.24) is 4.90 Å². The van der Waals surface area contributed by atoms with Crippen molar-refractivity contribution in [3.8, 4) is 0 Å². The molecule has 1 N–H and O–H groups in total. The Labute approximate surface area is 112 Å². The minimum Gasteiger partial charge on any atom is -0.375 e. The Hall–Kier alpha value is -1.20. The summed E-state index contributed by atoms with van der Waals surface area (Å²) in [5.41, 5.74) is 0.839. The quantitative estimate of drug-likeness (QED) is 0.837. The SMILES string of the molecule is CSc1cccc(NC(=O)N2CCOC(C)C2)c1. The smallest absolute Gasteiger partial charge is 0.322 e. The molecule has 98 valence electrons. The van der Waals surface area contributed by atoms with Crippen LogP contribution in [0.2, 0.25) is 0 Å². The summed E-state index contributed by atoms with van der Waals surface area (Å²) in [5, 5.41) is 2.92. The normalized spacial score (nSPS) is 19.7. The number of ether oxygens (including phenoxy) is 1. The van der Waals surface area contributed by atoms with Gasteiger partial charge in [-0.15, -0.1) is 11.8 Å². The van der Waals surface area contributed by atoms with E-state index in [1.807, 2.05) is 37.4 Å². The number of benzene rings is 1. The van der Waals surface area contributed by atoms with Gasteiger partial charge in [0.2, 0.25) is 0 Å². The third-order valence-corrected chi connectivity index (χ3v) is 3.57. The third-order valence-electron chi connectivity index (χ3n) is 2.85. The summed E-state index contributed by atoms with van der Waals surface area (Å²) in [7, 11) is 0. The van der Waals surface area contributed by atoms with E-state index in [4.69, 9.17) is 4.74 Å². The van der Waals surface area contributed by atoms with Crippen LogP contribution in [0.15, 0.2) is 29.2 Å². The molecular formula is C13H18N2O2S. The molecule has 0 aliphatic carbocycles. The predicted octanol–water partition coefficient (Wildman–Crippen LogP) is 2.66. The van der Waals surface area contributed by atoms with E-state index in [0.717, 1.165) is 10.6 Å². The van der Waals surface area contributed by atoms with Crippen molar-refractivity contribution >= 4 is 23.5 Å². The highest BCUT2D eigenvalue weighted by Gasteiger charge is 2.21. The Morgan fingerprint density at radius 1 is 1.56 bits per heavy atom. The number of nitrogens with one attached hydrogen (secondary N) is 1. The van der Waals surface area contributed by atoms with Gasteiger partial charge in [0, 0.05) is 23.7 Å². The fourth-order valence-electron chi connectivity index (χ4n) is 1.91. The van der Waals surface area contributed by atoms with E-state index < -0.39 is 0 Å². The van der Waals surface area contributed by atoms with Gasteiger partial charge in [0.05, 0.1) is 12.7 Å². The van der Waals surface area contributed by atoms with E-state index in [-0.39, 0.29) is 12.1 Å². The van der Waals surface area contributed by atoms with Crippen molar-refractivity contribution in [1.29, 1.82) is 0 Å². The minimum absolute atomic E-state index is 0.0524. The van der Waals surface area contributed by atoms with Crippen LogP contribution in [0, 0.1) is 0 Å². The molecule has 0 bridgehead atoms. The zero-order valence-corrected chi connectivity index (χ0v) is 11.5. The van der Waals surface area contributed by atoms with E-state index in [1.54, 1.807) is 16.7 Å². The number of hydrogen-bond acceptors (Lipinski definition) is 3. The summed E-state index contributed by atoms with van der Waals surface area (Å²) in [4.78, 5) is 15.0. The molecule has 1 fully saturated rings. The number of carbonyl (C=O) groups excluding carboxylic acids is 1. The summed E-state index contributed by atoms with van der Waals surface area (Å²) in [6.07, 6.45) is 2.13. The summed E-state index contributed by atoms with van der Waals surface area (Å²) in [6, 6.07) is 7.80. The molecule has 2 rings (SSSR count). The van der Waals surface area contributed by atoms with Crippen LogP contribution in [-0.4, -0.2) is 43.0 Å². The molecule has 1 heterocycles. The van der Waals surface area contributed by atoms with Crippen LogP contribution in [0.1, 0.15) is 6.92 Å². The molecule has 5 heteroatoms. The van der Waals surface area contributed by atoms with Gasteiger partial charge in [-0.3, -0.25) is 0 Å². The molecule has 0 spiro atoms. The molecule has 2 amide bonds. The van der Waals surface area contributed by atoms with Gasteiger partial charge in [0.1, 0.15) is 0 Å². The van der Waals surface area contributed by atoms with Crippen LogP contribution in [0.25, 0.3) is 0 Å². The number of nitrogens with zero attached hydrogens (tertiary/aromatic N) is 1. The Morgan fingerprint density at radius 2 is 2.39 bits per heavy atom. The number of thioether (sulfide) groups is 1. The lowest BCUT2D eigenvalue weighted by Gasteiger charge is -2.31. The average Bonchev–Trinajstić information content (AvgIpc) is 2.39. The number of urea groups is 1. The van der Waals surface area contributed by atoms with Gasteiger partial charge >= 0.3 is 6.03 Å². The summed E-state index contributed by atoms with van der Waals surface area (Å²) in [5.74, 6) is 0. The van der Waals surface area contributed by atoms with E-state index in [9.17, 15) is 4.79 Å². The molecule has 1 atom stereocenters. The first-order valence-corrected chi connectivity index (χ1v) is 7.23. The predicted molar refractivity (Wildman–Crippen MR) is 74.2 cm³/mol. The van der Waals surface area contributed by atoms with E-state index in [0.29, 0.717) is 19.7 Å². The van der Waals surface area contributed by atoms with Crippen molar-refractivity contribution in [2.75, 3.05) is 31.3 Å². The van der Waals surface area contributed by atoms with Crippen LogP contribution in [-0.2, 0) is 4.74 Å². The summed E-state index contributed by atoms with van der Waals surface area (Å²) in [6.45, 7) is 3.89. The van der Waals surface area contributed by atoms with Crippen LogP contribution >= 0.6 is 11.8 Å². The van der Waals surface area contributed by atoms with Crippen LogP contribution in [0.3, 0.4) is 0 Å². The second-order valence-electron chi connectivity index (χ2n) is 4.29. The molecule has 1 saturated heterocycles. The molecule has 0 saturated carbocycles. The van der Waals surface area contributed by atoms with Gasteiger partial charge in [0.15, 0.2) is 0 Å². The number of anilines is 1. The Balaban J connectivity index is 1.97. The second kappa shape index (κ2) is 6.11. The standard InChI is InChI=1S/C13H18N2O2S/c1-10-9-15(6-7-17-10)13(16)14-11-4-3-5-12(8-11)18-2/h3-5,8,10H,6-7,9H2,1-2H3,(H,14,16). The molecule has 1 aliphatic rings. The van der Waals surface area contributed by atoms with Crippen molar-refractivity contribution in [3.63, 3.8) is 0 Å². The minimum atomic E-state index is -0.0524. The topological polar surface area (TPSA) is 41.6 Å². The molecule has 1 unspecified atom stereocenters. The van der Waals surface area contributed by atoms with E-state index >= 15 is 0 Å². The van der Waals surface area contributed by atoms with Gasteiger partial charge in [-0.2, -0.15) is 0 Å². The molecule has 1 aromatic rings. The number of amides is 2. The van der Waals surface area contributed by atoms with Gasteiger partial charge in [0.25, 0.3) is 0 Å². The molecule has 18 heavy (non-hydrogen) atoms. The van der Waals surface area contributed by atoms with Crippen molar-refractivity contribution < 1.29 is 9.53 Å². The zero-order chi connectivity index (χ0) is 13.0. The van der Waals surface area contributed by atoms with Crippen LogP contribution < -0.4 is 5.32 Å². The Morgan fingerprint density at radius 3 is 3.11 bits per heavy atom. The maximum absolute atomic E-state index is 12.1. The largest absolute Gasteiger partial charge is 0.375 e. The molecule has 1 aliphatic heterocycles. The highest BCUT2D eigenvalue weighted by atomic mass is 32.2. The van der Waals surface area contributed by atoms with Gasteiger partial charge in [-0.1, -0.05) is 6.07 Å². The van der Waals surface area contributed by atoms with Gasteiger partial charge in [-0.05, 0) is 31.4 Å². The maximum atomic E-state index is 12.1. The zero-order valence-electron chi connectivity index (χ0n) is 10.7. The first kappa shape index (κ1) is 13.2. The summed E-state index contributed by atoms with van der Waals surface area (Å²) >= 11 is 1.66. The van der Waals surface area contributed by atoms with E-state index in [2.05, 4.69) is 5.32 Å². The van der Waals surface area contributed by atoms with Crippen molar-refractivity contribution in [2.24, 2.45) is 0 Å². The van der Waals surface area contributed by atoms with Crippen LogP contribution in [0.4, 0.5) is 10.5 Å². The lowest BCUT2D eigenvalue weighted by Crippen LogP contribution is -2.46. The molecular weight excluding hydrogens is 248 g/mol. The lowest BCUT2D eigenvalue weighted by molar-refractivity contribution is -0.00138. The highest BCUT2D eigenvalue weighted by molar-refractivity contribution is 7.98. The molecule has 1 aromatic carbocycles. The first-order valence-electron chi connectivity index (χ1n) is 6.00. The average molecular weight is 266 g/mol. The van der Waals surface area contributed by atoms with Crippen molar-refractivity contribution in [3.05, 3.63) is 24.3 Å². The number of hydrogen-bond donors (Lipinski definition) is 1. The van der Waals surface area contributed by atoms with Crippen LogP contribution in [0.5, 0.6) is 0 Å². The fourth-order valence-corrected chi connectivity index (χ4v) is 2.37. The lowest BCUT2D eigenvalue weighted by atomic mass is 10.3. The summed E-state index contributed by atoms with van der Waals surface area (Å²) < 4.78 is 5.42. The monoisotopic (exact) mass is 266 g/mol.